The zero-order chi connectivity index (χ0) is 43.4. The zero-order valence-corrected chi connectivity index (χ0v) is 34.8. The Balaban J connectivity index is 1.24. The van der Waals surface area contributed by atoms with E-state index in [1.54, 1.807) is 12.1 Å². The largest absolute Gasteiger partial charge is 0.313 e. The van der Waals surface area contributed by atoms with Crippen molar-refractivity contribution in [1.29, 1.82) is 15.8 Å². The monoisotopic (exact) mass is 812 g/mol. The summed E-state index contributed by atoms with van der Waals surface area (Å²) < 4.78 is 0. The van der Waals surface area contributed by atoms with Crippen molar-refractivity contribution in [1.82, 2.24) is 0 Å². The number of hydrogen-bond acceptors (Lipinski definition) is 5. The quantitative estimate of drug-likeness (QED) is 0.131. The number of anilines is 6. The van der Waals surface area contributed by atoms with Gasteiger partial charge in [-0.3, -0.25) is 0 Å². The molecule has 0 radical (unpaired) electrons. The molecule has 7 heteroatoms. The summed E-state index contributed by atoms with van der Waals surface area (Å²) in [6.07, 6.45) is 0. The highest BCUT2D eigenvalue weighted by molar-refractivity contribution is 7.00. The van der Waals surface area contributed by atoms with Crippen LogP contribution < -0.4 is 26.2 Å². The zero-order valence-electron chi connectivity index (χ0n) is 34.8. The first-order chi connectivity index (χ1) is 31.3. The third kappa shape index (κ3) is 5.29. The van der Waals surface area contributed by atoms with E-state index in [0.717, 1.165) is 71.8 Å². The first-order valence-corrected chi connectivity index (χ1v) is 21.2. The molecule has 1 aliphatic carbocycles. The Labute approximate surface area is 371 Å². The minimum Gasteiger partial charge on any atom is -0.313 e. The second-order valence-electron chi connectivity index (χ2n) is 17.4. The molecular weight excluding hydrogens is 779 g/mol. The highest BCUT2D eigenvalue weighted by atomic mass is 15.2. The van der Waals surface area contributed by atoms with E-state index in [4.69, 9.17) is 6.57 Å². The van der Waals surface area contributed by atoms with Crippen LogP contribution >= 0.6 is 0 Å². The molecule has 9 aromatic rings. The van der Waals surface area contributed by atoms with Gasteiger partial charge in [0.25, 0.3) is 6.71 Å². The predicted octanol–water partition coefficient (Wildman–Crippen LogP) is 12.2. The number of hydrogen-bond donors (Lipinski definition) is 0. The Kier molecular flexibility index (Phi) is 7.83. The molecule has 294 valence electrons. The number of nitrogens with zero attached hydrogens (tertiary/aromatic N) is 6. The summed E-state index contributed by atoms with van der Waals surface area (Å²) in [5.41, 5.74) is 16.7. The van der Waals surface area contributed by atoms with Gasteiger partial charge in [-0.25, -0.2) is 4.85 Å². The van der Waals surface area contributed by atoms with E-state index >= 15 is 0 Å². The van der Waals surface area contributed by atoms with Gasteiger partial charge in [0.2, 0.25) is 0 Å². The van der Waals surface area contributed by atoms with Crippen LogP contribution in [-0.4, -0.2) is 6.71 Å². The Morgan fingerprint density at radius 1 is 0.484 bits per heavy atom. The molecule has 9 aromatic carbocycles. The van der Waals surface area contributed by atoms with Gasteiger partial charge in [-0.05, 0) is 138 Å². The van der Waals surface area contributed by atoms with Crippen molar-refractivity contribution in [3.05, 3.63) is 203 Å². The van der Waals surface area contributed by atoms with Crippen molar-refractivity contribution in [3.63, 3.8) is 0 Å². The van der Waals surface area contributed by atoms with E-state index in [1.165, 1.54) is 22.3 Å². The molecule has 12 rings (SSSR count). The summed E-state index contributed by atoms with van der Waals surface area (Å²) in [5, 5.41) is 35.4. The minimum absolute atomic E-state index is 0.229. The highest BCUT2D eigenvalue weighted by Gasteiger charge is 2.44. The minimum atomic E-state index is -0.242. The molecule has 0 amide bonds. The lowest BCUT2D eigenvalue weighted by atomic mass is 9.33. The topological polar surface area (TPSA) is 82.2 Å². The van der Waals surface area contributed by atoms with Crippen LogP contribution in [0.2, 0.25) is 0 Å². The van der Waals surface area contributed by atoms with Crippen molar-refractivity contribution in [2.75, 3.05) is 9.80 Å². The summed E-state index contributed by atoms with van der Waals surface area (Å²) in [4.78, 5) is 8.31. The second kappa shape index (κ2) is 13.6. The summed E-state index contributed by atoms with van der Waals surface area (Å²) in [6.45, 7) is 12.4. The third-order valence-corrected chi connectivity index (χ3v) is 13.6. The van der Waals surface area contributed by atoms with Crippen LogP contribution in [0.4, 0.5) is 39.8 Å². The fourth-order valence-electron chi connectivity index (χ4n) is 10.7. The van der Waals surface area contributed by atoms with Crippen molar-refractivity contribution in [3.8, 4) is 40.5 Å². The first-order valence-electron chi connectivity index (χ1n) is 21.2. The summed E-state index contributed by atoms with van der Waals surface area (Å²) in [5.74, 6) is 0. The highest BCUT2D eigenvalue weighted by Crippen LogP contribution is 2.52. The maximum atomic E-state index is 10.3. The third-order valence-electron chi connectivity index (χ3n) is 13.6. The molecule has 0 saturated heterocycles. The molecule has 0 aromatic heterocycles. The van der Waals surface area contributed by atoms with Crippen LogP contribution in [0.5, 0.6) is 0 Å². The summed E-state index contributed by atoms with van der Waals surface area (Å²) >= 11 is 0. The molecular formula is C57H33BN6. The Hall–Kier alpha value is -8.88. The normalized spacial score (nSPS) is 13.4. The van der Waals surface area contributed by atoms with Crippen LogP contribution in [0.25, 0.3) is 48.6 Å². The summed E-state index contributed by atoms with van der Waals surface area (Å²) in [7, 11) is 0. The van der Waals surface area contributed by atoms with E-state index in [2.05, 4.69) is 174 Å². The van der Waals surface area contributed by atoms with Crippen molar-refractivity contribution >= 4 is 84.5 Å². The van der Waals surface area contributed by atoms with Gasteiger partial charge in [-0.15, -0.1) is 0 Å². The van der Waals surface area contributed by atoms with E-state index < -0.39 is 0 Å². The molecule has 0 atom stereocenters. The number of rotatable bonds is 3. The molecule has 0 fully saturated rings. The van der Waals surface area contributed by atoms with Gasteiger partial charge in [-0.2, -0.15) is 15.8 Å². The van der Waals surface area contributed by atoms with Gasteiger partial charge in [0, 0.05) is 45.1 Å². The van der Waals surface area contributed by atoms with Crippen molar-refractivity contribution < 1.29 is 0 Å². The smallest absolute Gasteiger partial charge is 0.252 e. The molecule has 0 unspecified atom stereocenters. The van der Waals surface area contributed by atoms with E-state index in [1.807, 2.05) is 24.3 Å². The fourth-order valence-corrected chi connectivity index (χ4v) is 10.7. The molecule has 0 spiro atoms. The van der Waals surface area contributed by atoms with E-state index in [0.29, 0.717) is 33.8 Å². The lowest BCUT2D eigenvalue weighted by Crippen LogP contribution is -2.61. The maximum Gasteiger partial charge on any atom is 0.252 e. The van der Waals surface area contributed by atoms with Gasteiger partial charge in [0.1, 0.15) is 0 Å². The number of fused-ring (bicyclic) bond motifs is 9. The average molecular weight is 813 g/mol. The lowest BCUT2D eigenvalue weighted by Gasteiger charge is -2.45. The van der Waals surface area contributed by atoms with Gasteiger partial charge in [0.05, 0.1) is 35.9 Å². The van der Waals surface area contributed by atoms with Crippen molar-refractivity contribution in [2.24, 2.45) is 0 Å². The fraction of sp³-hybridized carbons (Fsp3) is 0.0526. The molecule has 3 aliphatic rings. The molecule has 2 aliphatic heterocycles. The van der Waals surface area contributed by atoms with Crippen LogP contribution in [0.1, 0.15) is 41.7 Å². The number of nitriles is 3. The SMILES string of the molecule is [C-]#[N+]c1cc(C#N)cc(N2c3cc4ccccc4cc3B3c4cc5ccccc5cc4N(c4cc(C#N)cc(C#N)c4)c4cc(-c5ccc6c(c5)C(C)(C)c5ccccc5-6)cc2c43)c1. The molecule has 0 N–H and O–H groups in total. The molecule has 2 heterocycles. The van der Waals surface area contributed by atoms with E-state index in [-0.39, 0.29) is 12.1 Å². The van der Waals surface area contributed by atoms with Gasteiger partial charge in [0.15, 0.2) is 5.69 Å². The lowest BCUT2D eigenvalue weighted by molar-refractivity contribution is 0.660. The molecule has 6 nitrogen and oxygen atoms in total. The van der Waals surface area contributed by atoms with Crippen LogP contribution in [-0.2, 0) is 5.41 Å². The Morgan fingerprint density at radius 2 is 0.984 bits per heavy atom. The van der Waals surface area contributed by atoms with Gasteiger partial charge >= 0.3 is 0 Å². The van der Waals surface area contributed by atoms with E-state index in [9.17, 15) is 15.8 Å². The predicted molar refractivity (Wildman–Crippen MR) is 259 cm³/mol. The standard InChI is InChI=1S/C57H33BN6/c1-57(2)48-15-9-8-14-46(48)47-17-16-41(23-49(47)57)42-28-54-56-55(29-42)64(45-22-36(33-61)19-43(30-45)62-3)53-27-40-13-7-5-11-38(40)25-51(53)58(56)50-24-37-10-4-6-12-39(37)26-52(50)63(54)44-20-34(31-59)18-35(21-44)32-60/h4-30H,1-2H3. The van der Waals surface area contributed by atoms with Crippen LogP contribution in [0.3, 0.4) is 0 Å². The Morgan fingerprint density at radius 3 is 1.55 bits per heavy atom. The van der Waals surface area contributed by atoms with Gasteiger partial charge in [-0.1, -0.05) is 111 Å². The second-order valence-corrected chi connectivity index (χ2v) is 17.4. The average Bonchev–Trinajstić information content (AvgIpc) is 3.57. The maximum absolute atomic E-state index is 10.3. The first kappa shape index (κ1) is 36.9. The molecule has 64 heavy (non-hydrogen) atoms. The van der Waals surface area contributed by atoms with Crippen molar-refractivity contribution in [2.45, 2.75) is 19.3 Å². The van der Waals surface area contributed by atoms with Crippen LogP contribution in [0, 0.1) is 40.6 Å². The molecule has 0 bridgehead atoms. The number of benzene rings is 9. The van der Waals surface area contributed by atoms with Gasteiger partial charge < -0.3 is 9.80 Å². The summed E-state index contributed by atoms with van der Waals surface area (Å²) in [6, 6.07) is 63.6. The van der Waals surface area contributed by atoms with Crippen LogP contribution in [0.15, 0.2) is 164 Å². The molecule has 0 saturated carbocycles. The Bertz CT molecular complexity index is 3490.